The van der Waals surface area contributed by atoms with Gasteiger partial charge in [-0.1, -0.05) is 42.8 Å². The molecule has 1 aromatic carbocycles. The fourth-order valence-corrected chi connectivity index (χ4v) is 4.36. The highest BCUT2D eigenvalue weighted by atomic mass is 16.6. The molecule has 1 aromatic rings. The van der Waals surface area contributed by atoms with Crippen LogP contribution in [-0.4, -0.2) is 33.8 Å². The third-order valence-electron chi connectivity index (χ3n) is 5.57. The first kappa shape index (κ1) is 18.0. The minimum atomic E-state index is -0.622. The molecule has 4 nitrogen and oxygen atoms in total. The van der Waals surface area contributed by atoms with Crippen molar-refractivity contribution in [3.63, 3.8) is 0 Å². The zero-order valence-corrected chi connectivity index (χ0v) is 14.9. The topological polar surface area (TPSA) is 49.8 Å². The molecule has 3 rings (SSSR count). The summed E-state index contributed by atoms with van der Waals surface area (Å²) in [4.78, 5) is 14.4. The fraction of sp³-hybridized carbons (Fsp3) is 0.571. The number of nitrogens with zero attached hydrogens (tertiary/aromatic N) is 1. The summed E-state index contributed by atoms with van der Waals surface area (Å²) < 4.78 is 5.52. The van der Waals surface area contributed by atoms with E-state index < -0.39 is 5.60 Å². The number of benzene rings is 1. The first-order chi connectivity index (χ1) is 12.1. The lowest BCUT2D eigenvalue weighted by Gasteiger charge is -2.43. The molecule has 1 N–H and O–H groups in total. The Labute approximate surface area is 150 Å². The van der Waals surface area contributed by atoms with Gasteiger partial charge in [-0.3, -0.25) is 0 Å². The van der Waals surface area contributed by atoms with Crippen molar-refractivity contribution in [1.29, 1.82) is 0 Å². The lowest BCUT2D eigenvalue weighted by atomic mass is 9.82. The van der Waals surface area contributed by atoms with E-state index in [1.54, 1.807) is 0 Å². The predicted molar refractivity (Wildman–Crippen MR) is 98.1 cm³/mol. The molecule has 2 bridgehead atoms. The molecule has 25 heavy (non-hydrogen) atoms. The van der Waals surface area contributed by atoms with Crippen LogP contribution in [0, 0.1) is 0 Å². The van der Waals surface area contributed by atoms with Gasteiger partial charge in [0.25, 0.3) is 0 Å². The fourth-order valence-electron chi connectivity index (χ4n) is 4.36. The highest BCUT2D eigenvalue weighted by molar-refractivity contribution is 5.69. The second-order valence-electron chi connectivity index (χ2n) is 7.50. The number of unbranched alkanes of at least 4 members (excludes halogenated alkanes) is 2. The van der Waals surface area contributed by atoms with Gasteiger partial charge in [0, 0.05) is 12.1 Å². The molecule has 1 amide bonds. The number of rotatable bonds is 7. The molecular formula is C21H29NO3. The summed E-state index contributed by atoms with van der Waals surface area (Å²) in [6.45, 7) is 4.05. The number of aliphatic hydroxyl groups is 1. The van der Waals surface area contributed by atoms with Crippen LogP contribution in [0.4, 0.5) is 4.79 Å². The van der Waals surface area contributed by atoms with Crippen LogP contribution in [0.5, 0.6) is 0 Å². The summed E-state index contributed by atoms with van der Waals surface area (Å²) in [6.07, 6.45) is 8.91. The number of allylic oxidation sites excluding steroid dienone is 1. The van der Waals surface area contributed by atoms with Gasteiger partial charge < -0.3 is 14.7 Å². The van der Waals surface area contributed by atoms with Crippen LogP contribution in [0.2, 0.25) is 0 Å². The number of ether oxygens (including phenoxy) is 1. The molecule has 2 fully saturated rings. The maximum absolute atomic E-state index is 12.6. The van der Waals surface area contributed by atoms with Crippen molar-refractivity contribution in [2.45, 2.75) is 75.7 Å². The minimum Gasteiger partial charge on any atom is -0.445 e. The quantitative estimate of drug-likeness (QED) is 0.589. The summed E-state index contributed by atoms with van der Waals surface area (Å²) in [5.41, 5.74) is 0.377. The Hall–Kier alpha value is -1.81. The van der Waals surface area contributed by atoms with E-state index in [-0.39, 0.29) is 18.2 Å². The first-order valence-electron chi connectivity index (χ1n) is 9.43. The van der Waals surface area contributed by atoms with Gasteiger partial charge in [0.1, 0.15) is 6.61 Å². The van der Waals surface area contributed by atoms with E-state index in [1.165, 1.54) is 0 Å². The molecule has 0 radical (unpaired) electrons. The number of fused-ring (bicyclic) bond motifs is 2. The molecule has 2 saturated heterocycles. The largest absolute Gasteiger partial charge is 0.445 e. The van der Waals surface area contributed by atoms with Crippen LogP contribution in [0.25, 0.3) is 0 Å². The number of piperidine rings is 1. The zero-order valence-electron chi connectivity index (χ0n) is 14.9. The second kappa shape index (κ2) is 8.05. The molecule has 2 atom stereocenters. The van der Waals surface area contributed by atoms with Crippen LogP contribution in [0.3, 0.4) is 0 Å². The highest BCUT2D eigenvalue weighted by Crippen LogP contribution is 2.43. The average molecular weight is 343 g/mol. The normalized spacial score (nSPS) is 28.0. The van der Waals surface area contributed by atoms with Crippen molar-refractivity contribution in [2.75, 3.05) is 0 Å². The maximum atomic E-state index is 12.6. The van der Waals surface area contributed by atoms with Crippen LogP contribution in [0.1, 0.15) is 56.9 Å². The maximum Gasteiger partial charge on any atom is 0.410 e. The monoisotopic (exact) mass is 343 g/mol. The average Bonchev–Trinajstić information content (AvgIpc) is 2.90. The Bertz CT molecular complexity index is 572. The molecule has 0 spiro atoms. The molecule has 0 aromatic heterocycles. The number of hydrogen-bond donors (Lipinski definition) is 1. The Balaban J connectivity index is 1.53. The van der Waals surface area contributed by atoms with Crippen molar-refractivity contribution in [3.8, 4) is 0 Å². The van der Waals surface area contributed by atoms with Crippen molar-refractivity contribution in [2.24, 2.45) is 0 Å². The zero-order chi connectivity index (χ0) is 17.7. The molecule has 2 aliphatic heterocycles. The molecule has 2 heterocycles. The van der Waals surface area contributed by atoms with Crippen LogP contribution in [-0.2, 0) is 11.3 Å². The summed E-state index contributed by atoms with van der Waals surface area (Å²) >= 11 is 0. The molecule has 136 valence electrons. The van der Waals surface area contributed by atoms with Gasteiger partial charge in [-0.2, -0.15) is 0 Å². The Morgan fingerprint density at radius 1 is 1.24 bits per heavy atom. The molecule has 0 saturated carbocycles. The van der Waals surface area contributed by atoms with E-state index in [1.807, 2.05) is 41.3 Å². The van der Waals surface area contributed by atoms with Gasteiger partial charge in [0.05, 0.1) is 5.60 Å². The number of hydrogen-bond acceptors (Lipinski definition) is 3. The Morgan fingerprint density at radius 2 is 1.92 bits per heavy atom. The van der Waals surface area contributed by atoms with E-state index in [9.17, 15) is 9.90 Å². The van der Waals surface area contributed by atoms with E-state index in [0.29, 0.717) is 19.4 Å². The van der Waals surface area contributed by atoms with E-state index in [0.717, 1.165) is 44.1 Å². The summed E-state index contributed by atoms with van der Waals surface area (Å²) in [5.74, 6) is 0. The first-order valence-corrected chi connectivity index (χ1v) is 9.43. The van der Waals surface area contributed by atoms with Gasteiger partial charge >= 0.3 is 6.09 Å². The minimum absolute atomic E-state index is 0.117. The van der Waals surface area contributed by atoms with Crippen molar-refractivity contribution in [3.05, 3.63) is 48.6 Å². The Morgan fingerprint density at radius 3 is 2.56 bits per heavy atom. The standard InChI is InChI=1S/C21H29NO3/c1-2-3-4-8-13-21(24)14-18-11-12-19(15-21)22(18)20(23)25-16-17-9-6-5-7-10-17/h2,5-7,9-10,18-19,24H,1,3-4,8,11-16H2. The van der Waals surface area contributed by atoms with Crippen LogP contribution >= 0.6 is 0 Å². The number of carbonyl (C=O) groups is 1. The SMILES string of the molecule is C=CCCCCC1(O)CC2CCC(C1)N2C(=O)OCc1ccccc1. The predicted octanol–water partition coefficient (Wildman–Crippen LogP) is 4.43. The summed E-state index contributed by atoms with van der Waals surface area (Å²) in [7, 11) is 0. The lowest BCUT2D eigenvalue weighted by molar-refractivity contribution is -0.0553. The van der Waals surface area contributed by atoms with E-state index >= 15 is 0 Å². The van der Waals surface area contributed by atoms with Crippen LogP contribution in [0.15, 0.2) is 43.0 Å². The lowest BCUT2D eigenvalue weighted by Crippen LogP contribution is -2.53. The summed E-state index contributed by atoms with van der Waals surface area (Å²) in [5, 5.41) is 11.0. The van der Waals surface area contributed by atoms with Gasteiger partial charge in [-0.15, -0.1) is 6.58 Å². The van der Waals surface area contributed by atoms with Gasteiger partial charge in [-0.25, -0.2) is 4.79 Å². The third kappa shape index (κ3) is 4.43. The van der Waals surface area contributed by atoms with E-state index in [2.05, 4.69) is 6.58 Å². The smallest absolute Gasteiger partial charge is 0.410 e. The van der Waals surface area contributed by atoms with Crippen LogP contribution < -0.4 is 0 Å². The van der Waals surface area contributed by atoms with Crippen molar-refractivity contribution in [1.82, 2.24) is 4.90 Å². The molecule has 4 heteroatoms. The molecule has 2 aliphatic rings. The van der Waals surface area contributed by atoms with Crippen molar-refractivity contribution < 1.29 is 14.6 Å². The van der Waals surface area contributed by atoms with Gasteiger partial charge in [-0.05, 0) is 50.5 Å². The van der Waals surface area contributed by atoms with E-state index in [4.69, 9.17) is 4.74 Å². The number of carbonyl (C=O) groups excluding carboxylic acids is 1. The molecular weight excluding hydrogens is 314 g/mol. The Kier molecular flexibility index (Phi) is 5.79. The van der Waals surface area contributed by atoms with Gasteiger partial charge in [0.15, 0.2) is 0 Å². The second-order valence-corrected chi connectivity index (χ2v) is 7.50. The number of amides is 1. The molecule has 0 aliphatic carbocycles. The highest BCUT2D eigenvalue weighted by Gasteiger charge is 2.49. The third-order valence-corrected chi connectivity index (χ3v) is 5.57. The molecule has 2 unspecified atom stereocenters. The summed E-state index contributed by atoms with van der Waals surface area (Å²) in [6, 6.07) is 9.99. The van der Waals surface area contributed by atoms with Gasteiger partial charge in [0.2, 0.25) is 0 Å². The van der Waals surface area contributed by atoms with Crippen molar-refractivity contribution >= 4 is 6.09 Å².